The van der Waals surface area contributed by atoms with Crippen LogP contribution >= 0.6 is 0 Å². The van der Waals surface area contributed by atoms with E-state index in [9.17, 15) is 4.79 Å². The molecule has 0 heterocycles. The third-order valence-corrected chi connectivity index (χ3v) is 5.14. The van der Waals surface area contributed by atoms with E-state index in [1.54, 1.807) is 0 Å². The highest BCUT2D eigenvalue weighted by molar-refractivity contribution is 5.82. The van der Waals surface area contributed by atoms with Crippen LogP contribution < -0.4 is 5.32 Å². The number of methoxy groups -OCH3 is 1. The van der Waals surface area contributed by atoms with Crippen molar-refractivity contribution in [1.82, 2.24) is 5.32 Å². The summed E-state index contributed by atoms with van der Waals surface area (Å²) in [7, 11) is 3.40. The zero-order chi connectivity index (χ0) is 13.5. The Morgan fingerprint density at radius 2 is 1.74 bits per heavy atom. The molecule has 1 fully saturated rings. The van der Waals surface area contributed by atoms with Gasteiger partial charge in [0.2, 0.25) is 0 Å². The summed E-state index contributed by atoms with van der Waals surface area (Å²) in [4.78, 5) is 12.4. The number of carbonyl (C=O) groups is 1. The van der Waals surface area contributed by atoms with E-state index in [1.807, 2.05) is 7.05 Å². The molecule has 0 saturated heterocycles. The van der Waals surface area contributed by atoms with Crippen LogP contribution in [0.4, 0.5) is 0 Å². The standard InChI is InChI=1S/C16H21NO2/c1-17-16(15(18)19-2)13-7-8-14(16)10-12-6-4-3-5-11(12)9-13/h3-6,13-14,17H,7-10H2,1-2H3. The van der Waals surface area contributed by atoms with Crippen LogP contribution in [-0.2, 0) is 22.4 Å². The highest BCUT2D eigenvalue weighted by Gasteiger charge is 2.56. The second-order valence-corrected chi connectivity index (χ2v) is 5.76. The number of nitrogens with one attached hydrogen (secondary N) is 1. The average molecular weight is 259 g/mol. The van der Waals surface area contributed by atoms with Crippen LogP contribution in [0, 0.1) is 11.8 Å². The molecule has 0 spiro atoms. The molecule has 0 amide bonds. The van der Waals surface area contributed by atoms with Crippen molar-refractivity contribution in [2.24, 2.45) is 11.8 Å². The molecule has 2 aliphatic carbocycles. The number of hydrogen-bond acceptors (Lipinski definition) is 3. The van der Waals surface area contributed by atoms with Gasteiger partial charge in [-0.15, -0.1) is 0 Å². The summed E-state index contributed by atoms with van der Waals surface area (Å²) in [5.41, 5.74) is 2.31. The molecule has 3 rings (SSSR count). The van der Waals surface area contributed by atoms with Crippen LogP contribution in [0.2, 0.25) is 0 Å². The molecule has 1 N–H and O–H groups in total. The van der Waals surface area contributed by atoms with Crippen molar-refractivity contribution in [3.8, 4) is 0 Å². The van der Waals surface area contributed by atoms with Gasteiger partial charge < -0.3 is 10.1 Å². The first-order valence-corrected chi connectivity index (χ1v) is 7.06. The number of fused-ring (bicyclic) bond motifs is 3. The van der Waals surface area contributed by atoms with Gasteiger partial charge in [-0.1, -0.05) is 24.3 Å². The summed E-state index contributed by atoms with van der Waals surface area (Å²) in [6.07, 6.45) is 4.16. The van der Waals surface area contributed by atoms with Crippen LogP contribution in [0.15, 0.2) is 24.3 Å². The Morgan fingerprint density at radius 3 is 2.16 bits per heavy atom. The first-order valence-electron chi connectivity index (χ1n) is 7.06. The fourth-order valence-corrected chi connectivity index (χ4v) is 4.22. The highest BCUT2D eigenvalue weighted by Crippen LogP contribution is 2.47. The van der Waals surface area contributed by atoms with E-state index in [0.29, 0.717) is 11.8 Å². The maximum atomic E-state index is 12.4. The van der Waals surface area contributed by atoms with Crippen molar-refractivity contribution < 1.29 is 9.53 Å². The van der Waals surface area contributed by atoms with Gasteiger partial charge in [0.1, 0.15) is 5.54 Å². The van der Waals surface area contributed by atoms with Crippen molar-refractivity contribution in [3.05, 3.63) is 35.4 Å². The molecule has 1 aromatic carbocycles. The molecular weight excluding hydrogens is 238 g/mol. The molecule has 0 radical (unpaired) electrons. The fraction of sp³-hybridized carbons (Fsp3) is 0.562. The average Bonchev–Trinajstić information content (AvgIpc) is 2.69. The van der Waals surface area contributed by atoms with Crippen molar-refractivity contribution in [2.45, 2.75) is 31.2 Å². The number of likely N-dealkylation sites (N-methyl/N-ethyl adjacent to an activating group) is 1. The van der Waals surface area contributed by atoms with Gasteiger partial charge in [0.25, 0.3) is 0 Å². The monoisotopic (exact) mass is 259 g/mol. The lowest BCUT2D eigenvalue weighted by Crippen LogP contribution is -2.58. The smallest absolute Gasteiger partial charge is 0.326 e. The predicted octanol–water partition coefficient (Wildman–Crippen LogP) is 1.94. The summed E-state index contributed by atoms with van der Waals surface area (Å²) in [6.45, 7) is 0. The van der Waals surface area contributed by atoms with Crippen LogP contribution in [-0.4, -0.2) is 25.7 Å². The SMILES string of the molecule is CNC1(C(=O)OC)C2CCC1Cc1ccccc1C2. The Balaban J connectivity index is 2.05. The minimum atomic E-state index is -0.492. The van der Waals surface area contributed by atoms with E-state index >= 15 is 0 Å². The molecular formula is C16H21NO2. The summed E-state index contributed by atoms with van der Waals surface area (Å²) in [5.74, 6) is 0.604. The van der Waals surface area contributed by atoms with E-state index in [4.69, 9.17) is 4.74 Å². The second kappa shape index (κ2) is 4.64. The van der Waals surface area contributed by atoms with E-state index < -0.39 is 5.54 Å². The lowest BCUT2D eigenvalue weighted by atomic mass is 9.79. The van der Waals surface area contributed by atoms with Crippen LogP contribution in [0.1, 0.15) is 24.0 Å². The van der Waals surface area contributed by atoms with E-state index in [2.05, 4.69) is 29.6 Å². The van der Waals surface area contributed by atoms with Gasteiger partial charge >= 0.3 is 5.97 Å². The molecule has 0 aliphatic heterocycles. The maximum absolute atomic E-state index is 12.4. The first kappa shape index (κ1) is 12.7. The minimum Gasteiger partial charge on any atom is -0.468 e. The minimum absolute atomic E-state index is 0.0877. The van der Waals surface area contributed by atoms with Gasteiger partial charge in [0, 0.05) is 0 Å². The van der Waals surface area contributed by atoms with Crippen molar-refractivity contribution in [2.75, 3.05) is 14.2 Å². The summed E-state index contributed by atoms with van der Waals surface area (Å²) in [6, 6.07) is 8.59. The highest BCUT2D eigenvalue weighted by atomic mass is 16.5. The van der Waals surface area contributed by atoms with Gasteiger partial charge in [-0.05, 0) is 55.7 Å². The third kappa shape index (κ3) is 1.71. The topological polar surface area (TPSA) is 38.3 Å². The predicted molar refractivity (Wildman–Crippen MR) is 73.9 cm³/mol. The van der Waals surface area contributed by atoms with E-state index in [1.165, 1.54) is 18.2 Å². The van der Waals surface area contributed by atoms with Crippen LogP contribution in [0.25, 0.3) is 0 Å². The molecule has 1 aromatic rings. The quantitative estimate of drug-likeness (QED) is 0.825. The zero-order valence-corrected chi connectivity index (χ0v) is 11.6. The lowest BCUT2D eigenvalue weighted by Gasteiger charge is -2.35. The Hall–Kier alpha value is -1.35. The summed E-state index contributed by atoms with van der Waals surface area (Å²) >= 11 is 0. The molecule has 2 atom stereocenters. The number of benzene rings is 1. The molecule has 19 heavy (non-hydrogen) atoms. The fourth-order valence-electron chi connectivity index (χ4n) is 4.22. The van der Waals surface area contributed by atoms with Gasteiger partial charge in [0.05, 0.1) is 7.11 Å². The van der Waals surface area contributed by atoms with Crippen LogP contribution in [0.3, 0.4) is 0 Å². The molecule has 0 aromatic heterocycles. The molecule has 2 bridgehead atoms. The maximum Gasteiger partial charge on any atom is 0.326 e. The zero-order valence-electron chi connectivity index (χ0n) is 11.6. The number of esters is 1. The third-order valence-electron chi connectivity index (χ3n) is 5.14. The molecule has 2 aliphatic rings. The largest absolute Gasteiger partial charge is 0.468 e. The van der Waals surface area contributed by atoms with Crippen LogP contribution in [0.5, 0.6) is 0 Å². The molecule has 2 unspecified atom stereocenters. The second-order valence-electron chi connectivity index (χ2n) is 5.76. The number of hydrogen-bond donors (Lipinski definition) is 1. The normalized spacial score (nSPS) is 32.5. The van der Waals surface area contributed by atoms with Gasteiger partial charge in [0.15, 0.2) is 0 Å². The molecule has 3 nitrogen and oxygen atoms in total. The van der Waals surface area contributed by atoms with Gasteiger partial charge in [-0.3, -0.25) is 4.79 Å². The molecule has 3 heteroatoms. The lowest BCUT2D eigenvalue weighted by molar-refractivity contribution is -0.152. The van der Waals surface area contributed by atoms with Gasteiger partial charge in [-0.25, -0.2) is 0 Å². The Labute approximate surface area is 114 Å². The number of carbonyl (C=O) groups excluding carboxylic acids is 1. The Kier molecular flexibility index (Phi) is 3.09. The summed E-state index contributed by atoms with van der Waals surface area (Å²) in [5, 5.41) is 3.33. The summed E-state index contributed by atoms with van der Waals surface area (Å²) < 4.78 is 5.12. The first-order chi connectivity index (χ1) is 9.22. The van der Waals surface area contributed by atoms with Gasteiger partial charge in [-0.2, -0.15) is 0 Å². The van der Waals surface area contributed by atoms with Crippen molar-refractivity contribution in [3.63, 3.8) is 0 Å². The Morgan fingerprint density at radius 1 is 1.21 bits per heavy atom. The van der Waals surface area contributed by atoms with E-state index in [0.717, 1.165) is 25.7 Å². The number of rotatable bonds is 2. The van der Waals surface area contributed by atoms with Crippen molar-refractivity contribution in [1.29, 1.82) is 0 Å². The van der Waals surface area contributed by atoms with Crippen molar-refractivity contribution >= 4 is 5.97 Å². The molecule has 102 valence electrons. The van der Waals surface area contributed by atoms with E-state index in [-0.39, 0.29) is 5.97 Å². The number of ether oxygens (including phenoxy) is 1. The Bertz CT molecular complexity index is 464. The molecule has 1 saturated carbocycles.